The average Bonchev–Trinajstić information content (AvgIpc) is 2.28. The van der Waals surface area contributed by atoms with Gasteiger partial charge in [0, 0.05) is 5.69 Å². The predicted octanol–water partition coefficient (Wildman–Crippen LogP) is 3.86. The van der Waals surface area contributed by atoms with Crippen molar-refractivity contribution in [1.82, 2.24) is 0 Å². The number of nitrogens with two attached hydrogens (primary N) is 1. The Hall–Kier alpha value is -2.23. The molecule has 2 aromatic carbocycles. The number of hydrogen-bond acceptors (Lipinski definition) is 2. The Balaban J connectivity index is 2.43. The lowest BCUT2D eigenvalue weighted by Gasteiger charge is -2.03. The van der Waals surface area contributed by atoms with Crippen LogP contribution in [-0.4, -0.2) is 6.22 Å². The van der Waals surface area contributed by atoms with Crippen LogP contribution in [-0.2, 0) is 0 Å². The summed E-state index contributed by atoms with van der Waals surface area (Å²) in [5, 5.41) is 0. The van der Waals surface area contributed by atoms with Gasteiger partial charge in [0.05, 0.1) is 5.69 Å². The summed E-state index contributed by atoms with van der Waals surface area (Å²) in [5.74, 6) is 0. The van der Waals surface area contributed by atoms with Crippen molar-refractivity contribution in [1.29, 1.82) is 0 Å². The first-order valence-corrected chi connectivity index (χ1v) is 5.01. The maximum Gasteiger partial charge on any atom is 0.365 e. The number of anilines is 1. The molecule has 0 saturated heterocycles. The Morgan fingerprint density at radius 1 is 0.941 bits per heavy atom. The van der Waals surface area contributed by atoms with Gasteiger partial charge < -0.3 is 5.73 Å². The Morgan fingerprint density at radius 2 is 1.59 bits per heavy atom. The molecule has 0 amide bonds. The molecular weight excluding hydrogens is 222 g/mol. The van der Waals surface area contributed by atoms with Crippen molar-refractivity contribution in [3.8, 4) is 11.1 Å². The van der Waals surface area contributed by atoms with E-state index in [1.165, 1.54) is 6.07 Å². The molecule has 0 unspecified atom stereocenters. The zero-order chi connectivity index (χ0) is 12.3. The van der Waals surface area contributed by atoms with Crippen molar-refractivity contribution in [3.63, 3.8) is 0 Å². The van der Waals surface area contributed by atoms with Crippen molar-refractivity contribution in [2.45, 2.75) is 0 Å². The fourth-order valence-electron chi connectivity index (χ4n) is 1.57. The second-order valence-corrected chi connectivity index (χ2v) is 3.53. The zero-order valence-corrected chi connectivity index (χ0v) is 8.90. The number of benzene rings is 2. The Bertz CT molecular complexity index is 561. The van der Waals surface area contributed by atoms with E-state index < -0.39 is 6.22 Å². The van der Waals surface area contributed by atoms with E-state index in [1.54, 1.807) is 24.3 Å². The molecule has 0 aliphatic heterocycles. The van der Waals surface area contributed by atoms with Gasteiger partial charge in [-0.3, -0.25) is 0 Å². The monoisotopic (exact) mass is 232 g/mol. The van der Waals surface area contributed by atoms with E-state index in [1.807, 2.05) is 18.2 Å². The van der Waals surface area contributed by atoms with E-state index >= 15 is 0 Å². The minimum absolute atomic E-state index is 0.227. The smallest absolute Gasteiger partial charge is 0.365 e. The minimum Gasteiger partial charge on any atom is -0.399 e. The van der Waals surface area contributed by atoms with E-state index in [2.05, 4.69) is 4.99 Å². The van der Waals surface area contributed by atoms with Gasteiger partial charge in [0.2, 0.25) is 0 Å². The molecule has 86 valence electrons. The molecule has 0 atom stereocenters. The maximum absolute atomic E-state index is 12.0. The molecule has 0 aromatic heterocycles. The minimum atomic E-state index is -1.95. The van der Waals surface area contributed by atoms with Gasteiger partial charge in [0.25, 0.3) is 0 Å². The standard InChI is InChI=1S/C13H10F2N2/c14-13(15)17-12-6-2-4-10(8-12)9-3-1-5-11(16)7-9/h1-8H,16H2. The van der Waals surface area contributed by atoms with Crippen LogP contribution in [0.2, 0.25) is 0 Å². The summed E-state index contributed by atoms with van der Waals surface area (Å²) in [6.45, 7) is 0. The van der Waals surface area contributed by atoms with Crippen LogP contribution in [0, 0.1) is 0 Å². The lowest BCUT2D eigenvalue weighted by molar-refractivity contribution is 0.616. The second-order valence-electron chi connectivity index (χ2n) is 3.53. The molecule has 2 aromatic rings. The lowest BCUT2D eigenvalue weighted by atomic mass is 10.0. The van der Waals surface area contributed by atoms with Crippen LogP contribution in [0.5, 0.6) is 0 Å². The number of nitrogen functional groups attached to an aromatic ring is 1. The van der Waals surface area contributed by atoms with Gasteiger partial charge in [-0.1, -0.05) is 24.3 Å². The highest BCUT2D eigenvalue weighted by Gasteiger charge is 2.00. The summed E-state index contributed by atoms with van der Waals surface area (Å²) in [6, 6.07) is 13.9. The van der Waals surface area contributed by atoms with Crippen LogP contribution in [0.15, 0.2) is 53.5 Å². The maximum atomic E-state index is 12.0. The molecule has 2 rings (SSSR count). The summed E-state index contributed by atoms with van der Waals surface area (Å²) in [7, 11) is 0. The van der Waals surface area contributed by atoms with Crippen molar-refractivity contribution in [2.75, 3.05) is 5.73 Å². The van der Waals surface area contributed by atoms with Crippen LogP contribution in [0.3, 0.4) is 0 Å². The molecule has 0 fully saturated rings. The highest BCUT2D eigenvalue weighted by Crippen LogP contribution is 2.25. The Labute approximate surface area is 97.4 Å². The van der Waals surface area contributed by atoms with Crippen LogP contribution in [0.4, 0.5) is 20.2 Å². The Kier molecular flexibility index (Phi) is 3.14. The SMILES string of the molecule is Nc1cccc(-c2cccc(N=C(F)F)c2)c1. The average molecular weight is 232 g/mol. The fourth-order valence-corrected chi connectivity index (χ4v) is 1.57. The molecule has 2 nitrogen and oxygen atoms in total. The van der Waals surface area contributed by atoms with Crippen molar-refractivity contribution in [2.24, 2.45) is 4.99 Å². The van der Waals surface area contributed by atoms with E-state index in [-0.39, 0.29) is 5.69 Å². The number of aliphatic imine (C=N–C) groups is 1. The molecule has 0 aliphatic rings. The van der Waals surface area contributed by atoms with Gasteiger partial charge in [-0.15, -0.1) is 0 Å². The molecule has 0 spiro atoms. The lowest BCUT2D eigenvalue weighted by Crippen LogP contribution is -1.85. The number of nitrogens with zero attached hydrogens (tertiary/aromatic N) is 1. The quantitative estimate of drug-likeness (QED) is 0.619. The molecule has 0 heterocycles. The van der Waals surface area contributed by atoms with Crippen molar-refractivity contribution >= 4 is 17.6 Å². The van der Waals surface area contributed by atoms with Gasteiger partial charge in [0.15, 0.2) is 0 Å². The van der Waals surface area contributed by atoms with E-state index in [0.29, 0.717) is 5.69 Å². The third-order valence-electron chi connectivity index (χ3n) is 2.28. The Morgan fingerprint density at radius 3 is 2.24 bits per heavy atom. The van der Waals surface area contributed by atoms with Gasteiger partial charge in [0.1, 0.15) is 0 Å². The molecule has 2 N–H and O–H groups in total. The van der Waals surface area contributed by atoms with Crippen molar-refractivity contribution < 1.29 is 8.78 Å². The second kappa shape index (κ2) is 4.74. The number of hydrogen-bond donors (Lipinski definition) is 1. The molecule has 17 heavy (non-hydrogen) atoms. The first kappa shape index (κ1) is 11.3. The van der Waals surface area contributed by atoms with E-state index in [4.69, 9.17) is 5.73 Å². The largest absolute Gasteiger partial charge is 0.399 e. The number of halogens is 2. The van der Waals surface area contributed by atoms with Crippen LogP contribution < -0.4 is 5.73 Å². The normalized spacial score (nSPS) is 10.0. The summed E-state index contributed by atoms with van der Waals surface area (Å²) < 4.78 is 24.1. The summed E-state index contributed by atoms with van der Waals surface area (Å²) >= 11 is 0. The first-order valence-electron chi connectivity index (χ1n) is 5.01. The van der Waals surface area contributed by atoms with Gasteiger partial charge in [-0.05, 0) is 35.4 Å². The molecule has 4 heteroatoms. The molecular formula is C13H10F2N2. The van der Waals surface area contributed by atoms with Crippen LogP contribution in [0.1, 0.15) is 0 Å². The molecule has 0 aliphatic carbocycles. The van der Waals surface area contributed by atoms with Gasteiger partial charge in [-0.2, -0.15) is 13.8 Å². The number of rotatable bonds is 2. The zero-order valence-electron chi connectivity index (χ0n) is 8.90. The summed E-state index contributed by atoms with van der Waals surface area (Å²) in [6.07, 6.45) is -1.95. The summed E-state index contributed by atoms with van der Waals surface area (Å²) in [4.78, 5) is 3.12. The van der Waals surface area contributed by atoms with E-state index in [0.717, 1.165) is 11.1 Å². The topological polar surface area (TPSA) is 38.4 Å². The predicted molar refractivity (Wildman–Crippen MR) is 65.6 cm³/mol. The first-order chi connectivity index (χ1) is 8.15. The highest BCUT2D eigenvalue weighted by molar-refractivity contribution is 5.73. The molecule has 0 bridgehead atoms. The fraction of sp³-hybridized carbons (Fsp3) is 0. The van der Waals surface area contributed by atoms with Crippen LogP contribution in [0.25, 0.3) is 11.1 Å². The van der Waals surface area contributed by atoms with Crippen LogP contribution >= 0.6 is 0 Å². The third-order valence-corrected chi connectivity index (χ3v) is 2.28. The molecule has 0 radical (unpaired) electrons. The van der Waals surface area contributed by atoms with Crippen molar-refractivity contribution in [3.05, 3.63) is 48.5 Å². The highest BCUT2D eigenvalue weighted by atomic mass is 19.3. The van der Waals surface area contributed by atoms with Gasteiger partial charge >= 0.3 is 6.22 Å². The van der Waals surface area contributed by atoms with Gasteiger partial charge in [-0.25, -0.2) is 0 Å². The third kappa shape index (κ3) is 2.87. The summed E-state index contributed by atoms with van der Waals surface area (Å²) in [5.41, 5.74) is 8.21. The van der Waals surface area contributed by atoms with E-state index in [9.17, 15) is 8.78 Å². The molecule has 0 saturated carbocycles.